The number of rotatable bonds is 3. The van der Waals surface area contributed by atoms with Crippen molar-refractivity contribution in [3.63, 3.8) is 0 Å². The first-order valence-electron chi connectivity index (χ1n) is 6.62. The van der Waals surface area contributed by atoms with Crippen molar-refractivity contribution in [3.8, 4) is 11.5 Å². The van der Waals surface area contributed by atoms with Crippen LogP contribution >= 0.6 is 0 Å². The molecule has 0 bridgehead atoms. The quantitative estimate of drug-likeness (QED) is 0.655. The van der Waals surface area contributed by atoms with Crippen LogP contribution < -0.4 is 10.2 Å². The van der Waals surface area contributed by atoms with Gasteiger partial charge < -0.3 is 9.84 Å². The van der Waals surface area contributed by atoms with Gasteiger partial charge in [-0.25, -0.2) is 0 Å². The Morgan fingerprint density at radius 1 is 1.22 bits per heavy atom. The Labute approximate surface area is 133 Å². The average molecular weight is 331 g/mol. The minimum absolute atomic E-state index is 0.0538. The topological polar surface area (TPSA) is 100 Å². The molecule has 1 aliphatic heterocycles. The second kappa shape index (κ2) is 5.73. The normalized spacial score (nSPS) is 15.3. The van der Waals surface area contributed by atoms with Crippen LogP contribution in [-0.4, -0.2) is 32.7 Å². The lowest BCUT2D eigenvalue weighted by atomic mass is 10.2. The zero-order chi connectivity index (χ0) is 16.4. The molecule has 0 fully saturated rings. The first-order chi connectivity index (χ1) is 11.0. The summed E-state index contributed by atoms with van der Waals surface area (Å²) in [5.74, 6) is 0.404. The number of hydrogen-bond acceptors (Lipinski definition) is 6. The summed E-state index contributed by atoms with van der Waals surface area (Å²) in [4.78, 5) is 0.141. The number of hydrazone groups is 1. The van der Waals surface area contributed by atoms with Crippen LogP contribution in [0, 0.1) is 0 Å². The number of phenolic OH excluding ortho intramolecular Hbond substituents is 1. The smallest absolute Gasteiger partial charge is 0.285 e. The maximum atomic E-state index is 11.9. The van der Waals surface area contributed by atoms with E-state index in [1.54, 1.807) is 36.4 Å². The predicted molar refractivity (Wildman–Crippen MR) is 85.6 cm³/mol. The third kappa shape index (κ3) is 2.76. The van der Waals surface area contributed by atoms with E-state index in [1.165, 1.54) is 19.4 Å². The molecule has 0 spiro atoms. The van der Waals surface area contributed by atoms with Crippen LogP contribution in [0.4, 0.5) is 0 Å². The Morgan fingerprint density at radius 2 is 2.00 bits per heavy atom. The Balaban J connectivity index is 1.85. The standard InChI is InChI=1S/C15H13N3O4S/c1-22-12-7-4-5-10(14(12)19)9-16-17-15-11-6-2-3-8-13(11)23(20,21)18-15/h2-9,19H,1H3,(H,17,18)/b16-9+. The summed E-state index contributed by atoms with van der Waals surface area (Å²) in [5, 5.41) is 13.9. The Bertz CT molecular complexity index is 920. The summed E-state index contributed by atoms with van der Waals surface area (Å²) in [5.41, 5.74) is 3.48. The zero-order valence-electron chi connectivity index (χ0n) is 12.1. The molecule has 1 heterocycles. The van der Waals surface area contributed by atoms with Crippen LogP contribution in [0.25, 0.3) is 0 Å². The van der Waals surface area contributed by atoms with Gasteiger partial charge in [0, 0.05) is 11.1 Å². The van der Waals surface area contributed by atoms with Gasteiger partial charge in [-0.1, -0.05) is 18.2 Å². The van der Waals surface area contributed by atoms with Gasteiger partial charge in [0.1, 0.15) is 4.90 Å². The molecule has 2 N–H and O–H groups in total. The molecule has 1 aliphatic rings. The molecule has 0 unspecified atom stereocenters. The van der Waals surface area contributed by atoms with E-state index in [4.69, 9.17) is 4.74 Å². The number of ether oxygens (including phenoxy) is 1. The van der Waals surface area contributed by atoms with E-state index in [0.29, 0.717) is 16.9 Å². The molecule has 0 amide bonds. The Morgan fingerprint density at radius 3 is 2.78 bits per heavy atom. The van der Waals surface area contributed by atoms with E-state index in [-0.39, 0.29) is 16.5 Å². The van der Waals surface area contributed by atoms with Crippen LogP contribution in [0.3, 0.4) is 0 Å². The monoisotopic (exact) mass is 331 g/mol. The van der Waals surface area contributed by atoms with Crippen molar-refractivity contribution in [1.29, 1.82) is 0 Å². The van der Waals surface area contributed by atoms with Crippen LogP contribution in [0.1, 0.15) is 11.1 Å². The second-order valence-corrected chi connectivity index (χ2v) is 6.25. The first-order valence-corrected chi connectivity index (χ1v) is 8.06. The SMILES string of the molecule is COc1cccc(/C=N/NC2=NS(=O)(=O)c3ccccc32)c1O. The molecule has 118 valence electrons. The number of fused-ring (bicyclic) bond motifs is 1. The number of aromatic hydroxyl groups is 1. The van der Waals surface area contributed by atoms with E-state index in [1.807, 2.05) is 0 Å². The third-order valence-electron chi connectivity index (χ3n) is 3.26. The van der Waals surface area contributed by atoms with Crippen LogP contribution in [0.2, 0.25) is 0 Å². The number of amidine groups is 1. The molecule has 0 saturated heterocycles. The van der Waals surface area contributed by atoms with E-state index in [0.717, 1.165) is 0 Å². The molecule has 23 heavy (non-hydrogen) atoms. The molecular formula is C15H13N3O4S. The summed E-state index contributed by atoms with van der Waals surface area (Å²) >= 11 is 0. The van der Waals surface area contributed by atoms with Gasteiger partial charge in [-0.2, -0.15) is 13.5 Å². The summed E-state index contributed by atoms with van der Waals surface area (Å²) in [6.45, 7) is 0. The lowest BCUT2D eigenvalue weighted by Gasteiger charge is -2.05. The lowest BCUT2D eigenvalue weighted by Crippen LogP contribution is -2.17. The summed E-state index contributed by atoms with van der Waals surface area (Å²) in [7, 11) is -2.24. The van der Waals surface area contributed by atoms with Crippen molar-refractivity contribution in [2.45, 2.75) is 4.90 Å². The van der Waals surface area contributed by atoms with Gasteiger partial charge >= 0.3 is 0 Å². The highest BCUT2D eigenvalue weighted by Crippen LogP contribution is 2.28. The summed E-state index contributed by atoms with van der Waals surface area (Å²) in [6, 6.07) is 11.4. The van der Waals surface area contributed by atoms with Gasteiger partial charge in [0.15, 0.2) is 17.3 Å². The highest BCUT2D eigenvalue weighted by atomic mass is 32.2. The molecule has 2 aromatic carbocycles. The fourth-order valence-electron chi connectivity index (χ4n) is 2.16. The van der Waals surface area contributed by atoms with Gasteiger partial charge in [-0.3, -0.25) is 5.43 Å². The average Bonchev–Trinajstić information content (AvgIpc) is 2.81. The predicted octanol–water partition coefficient (Wildman–Crippen LogP) is 1.47. The molecule has 0 saturated carbocycles. The number of methoxy groups -OCH3 is 1. The number of hydrogen-bond donors (Lipinski definition) is 2. The number of nitrogens with one attached hydrogen (secondary N) is 1. The summed E-state index contributed by atoms with van der Waals surface area (Å²) in [6.07, 6.45) is 1.36. The van der Waals surface area contributed by atoms with E-state index in [9.17, 15) is 13.5 Å². The van der Waals surface area contributed by atoms with E-state index < -0.39 is 10.0 Å². The lowest BCUT2D eigenvalue weighted by molar-refractivity contribution is 0.373. The van der Waals surface area contributed by atoms with Crippen molar-refractivity contribution in [2.75, 3.05) is 7.11 Å². The van der Waals surface area contributed by atoms with Gasteiger partial charge in [-0.15, -0.1) is 4.40 Å². The van der Waals surface area contributed by atoms with Gasteiger partial charge in [0.2, 0.25) is 0 Å². The minimum atomic E-state index is -3.69. The van der Waals surface area contributed by atoms with Gasteiger partial charge in [-0.05, 0) is 24.3 Å². The van der Waals surface area contributed by atoms with Crippen molar-refractivity contribution in [3.05, 3.63) is 53.6 Å². The molecule has 3 rings (SSSR count). The molecule has 0 radical (unpaired) electrons. The third-order valence-corrected chi connectivity index (χ3v) is 4.59. The fraction of sp³-hybridized carbons (Fsp3) is 0.0667. The molecule has 0 aliphatic carbocycles. The molecule has 2 aromatic rings. The summed E-state index contributed by atoms with van der Waals surface area (Å²) < 4.78 is 32.5. The molecule has 0 aromatic heterocycles. The molecular weight excluding hydrogens is 318 g/mol. The number of para-hydroxylation sites is 1. The maximum Gasteiger partial charge on any atom is 0.285 e. The fourth-order valence-corrected chi connectivity index (χ4v) is 3.33. The zero-order valence-corrected chi connectivity index (χ0v) is 12.9. The van der Waals surface area contributed by atoms with Crippen molar-refractivity contribution in [1.82, 2.24) is 5.43 Å². The van der Waals surface area contributed by atoms with Crippen molar-refractivity contribution >= 4 is 22.1 Å². The van der Waals surface area contributed by atoms with Crippen LogP contribution in [0.5, 0.6) is 11.5 Å². The Kier molecular flexibility index (Phi) is 3.75. The first kappa shape index (κ1) is 15.0. The van der Waals surface area contributed by atoms with E-state index in [2.05, 4.69) is 14.9 Å². The van der Waals surface area contributed by atoms with E-state index >= 15 is 0 Å². The highest BCUT2D eigenvalue weighted by Gasteiger charge is 2.28. The van der Waals surface area contributed by atoms with Crippen LogP contribution in [-0.2, 0) is 10.0 Å². The van der Waals surface area contributed by atoms with Crippen LogP contribution in [0.15, 0.2) is 56.9 Å². The molecule has 0 atom stereocenters. The maximum absolute atomic E-state index is 11.9. The number of phenols is 1. The van der Waals surface area contributed by atoms with Crippen molar-refractivity contribution < 1.29 is 18.3 Å². The molecule has 7 nitrogen and oxygen atoms in total. The minimum Gasteiger partial charge on any atom is -0.504 e. The number of nitrogens with zero attached hydrogens (tertiary/aromatic N) is 2. The second-order valence-electron chi connectivity index (χ2n) is 4.68. The highest BCUT2D eigenvalue weighted by molar-refractivity contribution is 7.90. The number of sulfonamides is 1. The molecule has 8 heteroatoms. The Hall–Kier alpha value is -2.87. The van der Waals surface area contributed by atoms with Crippen molar-refractivity contribution in [2.24, 2.45) is 9.50 Å². The van der Waals surface area contributed by atoms with Gasteiger partial charge in [0.05, 0.1) is 13.3 Å². The largest absolute Gasteiger partial charge is 0.504 e. The number of benzene rings is 2. The van der Waals surface area contributed by atoms with Gasteiger partial charge in [0.25, 0.3) is 10.0 Å².